The van der Waals surface area contributed by atoms with E-state index in [0.717, 1.165) is 6.07 Å². The van der Waals surface area contributed by atoms with E-state index in [2.05, 4.69) is 10.3 Å². The summed E-state index contributed by atoms with van der Waals surface area (Å²) in [5, 5.41) is 2.88. The van der Waals surface area contributed by atoms with Crippen LogP contribution in [-0.4, -0.2) is 16.1 Å². The van der Waals surface area contributed by atoms with Crippen molar-refractivity contribution in [2.24, 2.45) is 0 Å². The van der Waals surface area contributed by atoms with Gasteiger partial charge in [-0.1, -0.05) is 0 Å². The molecule has 0 saturated carbocycles. The summed E-state index contributed by atoms with van der Waals surface area (Å²) in [6.07, 6.45) is 5.13. The minimum absolute atomic E-state index is 0.0722. The van der Waals surface area contributed by atoms with Crippen molar-refractivity contribution in [3.8, 4) is 0 Å². The SMILES string of the molecule is Nc1c(F)cc(F)cc1NCCn1ccnc1. The average molecular weight is 238 g/mol. The maximum Gasteiger partial charge on any atom is 0.151 e. The molecule has 0 fully saturated rings. The van der Waals surface area contributed by atoms with Crippen LogP contribution < -0.4 is 11.1 Å². The van der Waals surface area contributed by atoms with E-state index in [1.807, 2.05) is 4.57 Å². The lowest BCUT2D eigenvalue weighted by Crippen LogP contribution is -2.11. The highest BCUT2D eigenvalue weighted by atomic mass is 19.1. The molecule has 17 heavy (non-hydrogen) atoms. The molecular formula is C11H12F2N4. The van der Waals surface area contributed by atoms with Crippen molar-refractivity contribution >= 4 is 11.4 Å². The van der Waals surface area contributed by atoms with Crippen LogP contribution in [0.3, 0.4) is 0 Å². The molecule has 1 aromatic heterocycles. The Morgan fingerprint density at radius 2 is 2.18 bits per heavy atom. The van der Waals surface area contributed by atoms with Gasteiger partial charge in [-0.25, -0.2) is 13.8 Å². The number of nitrogens with one attached hydrogen (secondary N) is 1. The number of benzene rings is 1. The van der Waals surface area contributed by atoms with Crippen LogP contribution in [0.2, 0.25) is 0 Å². The second kappa shape index (κ2) is 4.82. The molecule has 0 aliphatic heterocycles. The Morgan fingerprint density at radius 3 is 2.88 bits per heavy atom. The summed E-state index contributed by atoms with van der Waals surface area (Å²) in [4.78, 5) is 3.88. The Kier molecular flexibility index (Phi) is 3.22. The third kappa shape index (κ3) is 2.72. The first-order valence-corrected chi connectivity index (χ1v) is 5.11. The van der Waals surface area contributed by atoms with Gasteiger partial charge in [-0.15, -0.1) is 0 Å². The van der Waals surface area contributed by atoms with Crippen LogP contribution in [-0.2, 0) is 6.54 Å². The molecule has 6 heteroatoms. The molecule has 2 rings (SSSR count). The van der Waals surface area contributed by atoms with Crippen molar-refractivity contribution in [1.82, 2.24) is 9.55 Å². The Labute approximate surface area is 97.1 Å². The highest BCUT2D eigenvalue weighted by Gasteiger charge is 2.07. The van der Waals surface area contributed by atoms with Gasteiger partial charge in [-0.3, -0.25) is 0 Å². The van der Waals surface area contributed by atoms with Gasteiger partial charge in [0, 0.05) is 31.5 Å². The van der Waals surface area contributed by atoms with Gasteiger partial charge < -0.3 is 15.6 Å². The first kappa shape index (κ1) is 11.4. The maximum absolute atomic E-state index is 13.1. The molecule has 0 amide bonds. The third-order valence-corrected chi connectivity index (χ3v) is 2.34. The van der Waals surface area contributed by atoms with E-state index < -0.39 is 11.6 Å². The molecule has 90 valence electrons. The van der Waals surface area contributed by atoms with Gasteiger partial charge in [0.2, 0.25) is 0 Å². The molecule has 0 aliphatic carbocycles. The molecule has 4 nitrogen and oxygen atoms in total. The van der Waals surface area contributed by atoms with Gasteiger partial charge in [0.05, 0.1) is 17.7 Å². The van der Waals surface area contributed by atoms with Gasteiger partial charge in [0.15, 0.2) is 5.82 Å². The molecule has 0 radical (unpaired) electrons. The number of hydrogen-bond acceptors (Lipinski definition) is 3. The van der Waals surface area contributed by atoms with Crippen LogP contribution in [0.15, 0.2) is 30.9 Å². The number of anilines is 2. The number of nitrogens with two attached hydrogens (primary N) is 1. The van der Waals surface area contributed by atoms with E-state index in [1.54, 1.807) is 18.7 Å². The van der Waals surface area contributed by atoms with Gasteiger partial charge in [-0.05, 0) is 6.07 Å². The van der Waals surface area contributed by atoms with E-state index in [1.165, 1.54) is 6.07 Å². The second-order valence-electron chi connectivity index (χ2n) is 3.58. The first-order valence-electron chi connectivity index (χ1n) is 5.11. The quantitative estimate of drug-likeness (QED) is 0.799. The zero-order valence-corrected chi connectivity index (χ0v) is 9.03. The molecule has 2 aromatic rings. The lowest BCUT2D eigenvalue weighted by atomic mass is 10.2. The Balaban J connectivity index is 1.99. The lowest BCUT2D eigenvalue weighted by Gasteiger charge is -2.10. The Bertz CT molecular complexity index is 496. The molecule has 3 N–H and O–H groups in total. The topological polar surface area (TPSA) is 55.9 Å². The Hall–Kier alpha value is -2.11. The minimum atomic E-state index is -0.755. The molecule has 0 atom stereocenters. The predicted molar refractivity (Wildman–Crippen MR) is 61.5 cm³/mol. The molecule has 0 bridgehead atoms. The molecule has 0 aliphatic rings. The fraction of sp³-hybridized carbons (Fsp3) is 0.182. The van der Waals surface area contributed by atoms with E-state index >= 15 is 0 Å². The number of rotatable bonds is 4. The number of aromatic nitrogens is 2. The van der Waals surface area contributed by atoms with Crippen molar-refractivity contribution in [3.63, 3.8) is 0 Å². The summed E-state index contributed by atoms with van der Waals surface area (Å²) in [6, 6.07) is 1.93. The van der Waals surface area contributed by atoms with Crippen molar-refractivity contribution in [2.45, 2.75) is 6.54 Å². The third-order valence-electron chi connectivity index (χ3n) is 2.34. The van der Waals surface area contributed by atoms with E-state index in [-0.39, 0.29) is 11.4 Å². The summed E-state index contributed by atoms with van der Waals surface area (Å²) in [7, 11) is 0. The van der Waals surface area contributed by atoms with Crippen LogP contribution in [0, 0.1) is 11.6 Å². The number of hydrogen-bond donors (Lipinski definition) is 2. The summed E-state index contributed by atoms with van der Waals surface area (Å²) < 4.78 is 27.9. The molecular weight excluding hydrogens is 226 g/mol. The number of imidazole rings is 1. The van der Waals surface area contributed by atoms with Crippen molar-refractivity contribution in [1.29, 1.82) is 0 Å². The fourth-order valence-electron chi connectivity index (χ4n) is 1.47. The highest BCUT2D eigenvalue weighted by Crippen LogP contribution is 2.22. The molecule has 0 saturated heterocycles. The van der Waals surface area contributed by atoms with Crippen LogP contribution in [0.4, 0.5) is 20.2 Å². The van der Waals surface area contributed by atoms with Gasteiger partial charge in [0.1, 0.15) is 5.82 Å². The number of halogens is 2. The van der Waals surface area contributed by atoms with Crippen molar-refractivity contribution in [3.05, 3.63) is 42.5 Å². The summed E-state index contributed by atoms with van der Waals surface area (Å²) in [6.45, 7) is 1.14. The maximum atomic E-state index is 13.1. The summed E-state index contributed by atoms with van der Waals surface area (Å²) >= 11 is 0. The average Bonchev–Trinajstić information content (AvgIpc) is 2.78. The fourth-order valence-corrected chi connectivity index (χ4v) is 1.47. The van der Waals surface area contributed by atoms with Gasteiger partial charge in [-0.2, -0.15) is 0 Å². The zero-order valence-electron chi connectivity index (χ0n) is 9.03. The van der Waals surface area contributed by atoms with Crippen LogP contribution in [0.25, 0.3) is 0 Å². The van der Waals surface area contributed by atoms with Crippen LogP contribution in [0.5, 0.6) is 0 Å². The van der Waals surface area contributed by atoms with E-state index in [0.29, 0.717) is 13.1 Å². The van der Waals surface area contributed by atoms with Gasteiger partial charge >= 0.3 is 0 Å². The smallest absolute Gasteiger partial charge is 0.151 e. The van der Waals surface area contributed by atoms with Crippen molar-refractivity contribution < 1.29 is 8.78 Å². The van der Waals surface area contributed by atoms with E-state index in [9.17, 15) is 8.78 Å². The summed E-state index contributed by atoms with van der Waals surface area (Å²) in [5.41, 5.74) is 5.68. The standard InChI is InChI=1S/C11H12F2N4/c12-8-5-9(13)11(14)10(6-8)16-2-4-17-3-1-15-7-17/h1,3,5-7,16H,2,4,14H2. The monoisotopic (exact) mass is 238 g/mol. The lowest BCUT2D eigenvalue weighted by molar-refractivity contribution is 0.586. The van der Waals surface area contributed by atoms with Crippen molar-refractivity contribution in [2.75, 3.05) is 17.6 Å². The van der Waals surface area contributed by atoms with Gasteiger partial charge in [0.25, 0.3) is 0 Å². The number of nitrogen functional groups attached to an aromatic ring is 1. The molecule has 1 aromatic carbocycles. The normalized spacial score (nSPS) is 10.5. The zero-order chi connectivity index (χ0) is 12.3. The molecule has 0 spiro atoms. The highest BCUT2D eigenvalue weighted by molar-refractivity contribution is 5.66. The largest absolute Gasteiger partial charge is 0.395 e. The van der Waals surface area contributed by atoms with Crippen LogP contribution >= 0.6 is 0 Å². The van der Waals surface area contributed by atoms with E-state index in [4.69, 9.17) is 5.73 Å². The second-order valence-corrected chi connectivity index (χ2v) is 3.58. The number of nitrogens with zero attached hydrogens (tertiary/aromatic N) is 2. The minimum Gasteiger partial charge on any atom is -0.395 e. The summed E-state index contributed by atoms with van der Waals surface area (Å²) in [5.74, 6) is -1.41. The molecule has 1 heterocycles. The predicted octanol–water partition coefficient (Wildman–Crippen LogP) is 1.86. The molecule has 0 unspecified atom stereocenters. The van der Waals surface area contributed by atoms with Crippen LogP contribution in [0.1, 0.15) is 0 Å². The Morgan fingerprint density at radius 1 is 1.35 bits per heavy atom. The first-order chi connectivity index (χ1) is 8.16.